The largest absolute Gasteiger partial charge is 0.313 e. The first kappa shape index (κ1) is 11.6. The molecule has 1 heterocycles. The van der Waals surface area contributed by atoms with Crippen molar-refractivity contribution in [2.45, 2.75) is 25.8 Å². The van der Waals surface area contributed by atoms with Gasteiger partial charge in [0.2, 0.25) is 0 Å². The van der Waals surface area contributed by atoms with E-state index in [9.17, 15) is 0 Å². The van der Waals surface area contributed by atoms with Gasteiger partial charge in [-0.1, -0.05) is 12.1 Å². The molecule has 2 rings (SSSR count). The lowest BCUT2D eigenvalue weighted by Crippen LogP contribution is -2.14. The molecule has 0 bridgehead atoms. The van der Waals surface area contributed by atoms with Crippen molar-refractivity contribution in [3.63, 3.8) is 0 Å². The molecule has 88 valence electrons. The number of H-pyrrole nitrogens is 1. The Hall–Kier alpha value is -1.86. The summed E-state index contributed by atoms with van der Waals surface area (Å²) in [5, 5.41) is 19.9. The second-order valence-electron chi connectivity index (χ2n) is 4.08. The Morgan fingerprint density at radius 1 is 1.35 bits per heavy atom. The summed E-state index contributed by atoms with van der Waals surface area (Å²) in [4.78, 5) is 0. The van der Waals surface area contributed by atoms with Crippen molar-refractivity contribution < 1.29 is 0 Å². The maximum Gasteiger partial charge on any atom is 0.0653 e. The van der Waals surface area contributed by atoms with Gasteiger partial charge in [-0.2, -0.15) is 10.4 Å². The number of benzene rings is 1. The summed E-state index contributed by atoms with van der Waals surface area (Å²) in [6, 6.07) is 8.46. The van der Waals surface area contributed by atoms with E-state index in [0.717, 1.165) is 36.8 Å². The smallest absolute Gasteiger partial charge is 0.0653 e. The van der Waals surface area contributed by atoms with E-state index in [0.29, 0.717) is 6.42 Å². The van der Waals surface area contributed by atoms with Crippen molar-refractivity contribution in [1.29, 1.82) is 5.26 Å². The number of nitrogens with one attached hydrogen (secondary N) is 2. The van der Waals surface area contributed by atoms with Gasteiger partial charge in [0, 0.05) is 18.4 Å². The van der Waals surface area contributed by atoms with E-state index in [1.807, 2.05) is 6.20 Å². The molecule has 4 nitrogen and oxygen atoms in total. The molecule has 0 aliphatic rings. The van der Waals surface area contributed by atoms with Gasteiger partial charge >= 0.3 is 0 Å². The van der Waals surface area contributed by atoms with E-state index in [4.69, 9.17) is 5.26 Å². The van der Waals surface area contributed by atoms with Crippen LogP contribution in [-0.4, -0.2) is 16.7 Å². The molecule has 2 N–H and O–H groups in total. The molecule has 17 heavy (non-hydrogen) atoms. The molecule has 1 aromatic heterocycles. The van der Waals surface area contributed by atoms with E-state index < -0.39 is 0 Å². The normalized spacial score (nSPS) is 10.5. The Bertz CT molecular complexity index is 509. The standard InChI is InChI=1S/C13H16N4/c14-6-2-1-3-7-15-9-11-4-5-12-10-16-17-13(12)8-11/h4-5,8,10,15H,1-3,7,9H2,(H,16,17). The van der Waals surface area contributed by atoms with Gasteiger partial charge in [0.25, 0.3) is 0 Å². The second-order valence-corrected chi connectivity index (χ2v) is 4.08. The van der Waals surface area contributed by atoms with Crippen LogP contribution < -0.4 is 5.32 Å². The SMILES string of the molecule is N#CCCCCNCc1ccc2cn[nH]c2c1. The lowest BCUT2D eigenvalue weighted by molar-refractivity contribution is 0.629. The molecule has 0 saturated carbocycles. The Kier molecular flexibility index (Phi) is 4.11. The minimum atomic E-state index is 0.655. The van der Waals surface area contributed by atoms with Crippen molar-refractivity contribution in [1.82, 2.24) is 15.5 Å². The lowest BCUT2D eigenvalue weighted by Gasteiger charge is -2.04. The Balaban J connectivity index is 1.77. The van der Waals surface area contributed by atoms with Crippen LogP contribution in [0.4, 0.5) is 0 Å². The summed E-state index contributed by atoms with van der Waals surface area (Å²) in [5.41, 5.74) is 2.33. The molecule has 0 amide bonds. The minimum absolute atomic E-state index is 0.655. The first-order valence-corrected chi connectivity index (χ1v) is 5.90. The van der Waals surface area contributed by atoms with E-state index in [1.165, 1.54) is 5.56 Å². The zero-order chi connectivity index (χ0) is 11.9. The Morgan fingerprint density at radius 2 is 2.29 bits per heavy atom. The molecule has 2 aromatic rings. The highest BCUT2D eigenvalue weighted by molar-refractivity contribution is 5.78. The van der Waals surface area contributed by atoms with Gasteiger partial charge in [-0.25, -0.2) is 0 Å². The van der Waals surface area contributed by atoms with Gasteiger partial charge in [0.15, 0.2) is 0 Å². The van der Waals surface area contributed by atoms with Gasteiger partial charge in [0.1, 0.15) is 0 Å². The molecule has 0 aliphatic heterocycles. The number of hydrogen-bond acceptors (Lipinski definition) is 3. The zero-order valence-corrected chi connectivity index (χ0v) is 9.74. The monoisotopic (exact) mass is 228 g/mol. The number of aromatic amines is 1. The fourth-order valence-electron chi connectivity index (χ4n) is 1.78. The number of nitrogens with zero attached hydrogens (tertiary/aromatic N) is 2. The molecular weight excluding hydrogens is 212 g/mol. The highest BCUT2D eigenvalue weighted by atomic mass is 15.1. The zero-order valence-electron chi connectivity index (χ0n) is 9.74. The number of rotatable bonds is 6. The molecule has 0 atom stereocenters. The van der Waals surface area contributed by atoms with Crippen LogP contribution in [0.15, 0.2) is 24.4 Å². The van der Waals surface area contributed by atoms with Crippen molar-refractivity contribution in [3.8, 4) is 6.07 Å². The quantitative estimate of drug-likeness (QED) is 0.746. The molecule has 0 spiro atoms. The van der Waals surface area contributed by atoms with Crippen LogP contribution in [0.3, 0.4) is 0 Å². The van der Waals surface area contributed by atoms with Crippen LogP contribution in [0.1, 0.15) is 24.8 Å². The molecular formula is C13H16N4. The second kappa shape index (κ2) is 6.02. The third-order valence-corrected chi connectivity index (χ3v) is 2.73. The number of aromatic nitrogens is 2. The molecule has 0 saturated heterocycles. The fraction of sp³-hybridized carbons (Fsp3) is 0.385. The summed E-state index contributed by atoms with van der Waals surface area (Å²) in [6.45, 7) is 1.82. The molecule has 0 radical (unpaired) electrons. The van der Waals surface area contributed by atoms with Crippen LogP contribution in [-0.2, 0) is 6.54 Å². The first-order valence-electron chi connectivity index (χ1n) is 5.90. The van der Waals surface area contributed by atoms with Gasteiger partial charge in [0.05, 0.1) is 17.8 Å². The molecule has 1 aromatic carbocycles. The van der Waals surface area contributed by atoms with Gasteiger partial charge in [-0.05, 0) is 31.0 Å². The van der Waals surface area contributed by atoms with Crippen LogP contribution in [0.25, 0.3) is 10.9 Å². The average Bonchev–Trinajstić information content (AvgIpc) is 2.81. The Labute approximate surface area is 101 Å². The predicted molar refractivity (Wildman–Crippen MR) is 67.3 cm³/mol. The highest BCUT2D eigenvalue weighted by Gasteiger charge is 1.97. The maximum atomic E-state index is 8.40. The van der Waals surface area contributed by atoms with Crippen molar-refractivity contribution in [2.24, 2.45) is 0 Å². The van der Waals surface area contributed by atoms with E-state index >= 15 is 0 Å². The highest BCUT2D eigenvalue weighted by Crippen LogP contribution is 2.12. The third-order valence-electron chi connectivity index (χ3n) is 2.73. The van der Waals surface area contributed by atoms with Gasteiger partial charge < -0.3 is 5.32 Å². The summed E-state index contributed by atoms with van der Waals surface area (Å²) in [6.07, 6.45) is 4.51. The summed E-state index contributed by atoms with van der Waals surface area (Å²) in [7, 11) is 0. The number of hydrogen-bond donors (Lipinski definition) is 2. The summed E-state index contributed by atoms with van der Waals surface area (Å²) in [5.74, 6) is 0. The van der Waals surface area contributed by atoms with E-state index in [-0.39, 0.29) is 0 Å². The van der Waals surface area contributed by atoms with Crippen LogP contribution in [0, 0.1) is 11.3 Å². The maximum absolute atomic E-state index is 8.40. The first-order chi connectivity index (χ1) is 8.40. The summed E-state index contributed by atoms with van der Waals surface area (Å²) >= 11 is 0. The molecule has 0 fully saturated rings. The average molecular weight is 228 g/mol. The Morgan fingerprint density at radius 3 is 3.18 bits per heavy atom. The van der Waals surface area contributed by atoms with E-state index in [1.54, 1.807) is 0 Å². The number of fused-ring (bicyclic) bond motifs is 1. The molecule has 0 aliphatic carbocycles. The lowest BCUT2D eigenvalue weighted by atomic mass is 10.1. The molecule has 0 unspecified atom stereocenters. The van der Waals surface area contributed by atoms with Gasteiger partial charge in [-0.15, -0.1) is 0 Å². The topological polar surface area (TPSA) is 64.5 Å². The van der Waals surface area contributed by atoms with Crippen LogP contribution in [0.2, 0.25) is 0 Å². The fourth-order valence-corrected chi connectivity index (χ4v) is 1.78. The van der Waals surface area contributed by atoms with Gasteiger partial charge in [-0.3, -0.25) is 5.10 Å². The van der Waals surface area contributed by atoms with Crippen molar-refractivity contribution in [2.75, 3.05) is 6.54 Å². The van der Waals surface area contributed by atoms with Crippen LogP contribution in [0.5, 0.6) is 0 Å². The summed E-state index contributed by atoms with van der Waals surface area (Å²) < 4.78 is 0. The minimum Gasteiger partial charge on any atom is -0.313 e. The number of nitriles is 1. The number of unbranched alkanes of at least 4 members (excludes halogenated alkanes) is 2. The van der Waals surface area contributed by atoms with Crippen molar-refractivity contribution >= 4 is 10.9 Å². The van der Waals surface area contributed by atoms with Crippen LogP contribution >= 0.6 is 0 Å². The third kappa shape index (κ3) is 3.30. The predicted octanol–water partition coefficient (Wildman–Crippen LogP) is 2.35. The molecule has 4 heteroatoms. The van der Waals surface area contributed by atoms with E-state index in [2.05, 4.69) is 39.8 Å². The van der Waals surface area contributed by atoms with Crippen molar-refractivity contribution in [3.05, 3.63) is 30.0 Å².